The number of phenols is 2. The van der Waals surface area contributed by atoms with E-state index in [4.69, 9.17) is 0 Å². The molecule has 0 amide bonds. The fourth-order valence-electron chi connectivity index (χ4n) is 2.42. The quantitative estimate of drug-likeness (QED) is 0.491. The number of benzene rings is 1. The number of aromatic hydroxyl groups is 2. The van der Waals surface area contributed by atoms with Crippen molar-refractivity contribution in [3.63, 3.8) is 0 Å². The maximum atomic E-state index is 12.2. The average Bonchev–Trinajstić information content (AvgIpc) is 2.38. The molecule has 0 aromatic heterocycles. The van der Waals surface area contributed by atoms with E-state index in [0.717, 1.165) is 6.29 Å². The standard InChI is InChI=1S/C14H14O5/c15-6-2-1-3-8-7-11(18)12-9(16)4-5-10(17)13(12)14(8)19/h4-6,8,16-17H,1-3,7H2. The van der Waals surface area contributed by atoms with E-state index in [-0.39, 0.29) is 40.6 Å². The van der Waals surface area contributed by atoms with Crippen molar-refractivity contribution >= 4 is 17.9 Å². The van der Waals surface area contributed by atoms with Crippen LogP contribution in [0, 0.1) is 5.92 Å². The van der Waals surface area contributed by atoms with E-state index in [1.165, 1.54) is 12.1 Å². The van der Waals surface area contributed by atoms with Crippen LogP contribution in [0.15, 0.2) is 12.1 Å². The van der Waals surface area contributed by atoms with Crippen LogP contribution in [0.25, 0.3) is 0 Å². The van der Waals surface area contributed by atoms with Gasteiger partial charge < -0.3 is 15.0 Å². The Balaban J connectivity index is 2.34. The van der Waals surface area contributed by atoms with Crippen LogP contribution in [0.4, 0.5) is 0 Å². The minimum Gasteiger partial charge on any atom is -0.507 e. The number of ketones is 2. The molecule has 1 unspecified atom stereocenters. The average molecular weight is 262 g/mol. The van der Waals surface area contributed by atoms with Crippen molar-refractivity contribution in [1.29, 1.82) is 0 Å². The minimum absolute atomic E-state index is 0.0156. The van der Waals surface area contributed by atoms with Gasteiger partial charge in [-0.3, -0.25) is 9.59 Å². The van der Waals surface area contributed by atoms with Crippen LogP contribution >= 0.6 is 0 Å². The number of fused-ring (bicyclic) bond motifs is 1. The highest BCUT2D eigenvalue weighted by atomic mass is 16.3. The Morgan fingerprint density at radius 2 is 1.79 bits per heavy atom. The topological polar surface area (TPSA) is 91.7 Å². The summed E-state index contributed by atoms with van der Waals surface area (Å²) in [7, 11) is 0. The van der Waals surface area contributed by atoms with Gasteiger partial charge in [-0.15, -0.1) is 0 Å². The number of hydrogen-bond donors (Lipinski definition) is 2. The molecule has 2 N–H and O–H groups in total. The Morgan fingerprint density at radius 3 is 2.42 bits per heavy atom. The predicted octanol–water partition coefficient (Wildman–Crippen LogP) is 1.85. The number of rotatable bonds is 4. The van der Waals surface area contributed by atoms with E-state index >= 15 is 0 Å². The molecule has 0 radical (unpaired) electrons. The van der Waals surface area contributed by atoms with E-state index in [1.54, 1.807) is 0 Å². The normalized spacial score (nSPS) is 18.2. The summed E-state index contributed by atoms with van der Waals surface area (Å²) in [5, 5.41) is 19.4. The number of carbonyl (C=O) groups is 3. The lowest BCUT2D eigenvalue weighted by Crippen LogP contribution is -2.27. The summed E-state index contributed by atoms with van der Waals surface area (Å²) in [5.41, 5.74) is -0.177. The van der Waals surface area contributed by atoms with E-state index in [0.29, 0.717) is 19.3 Å². The SMILES string of the molecule is O=CCCCC1CC(=O)c2c(O)ccc(O)c2C1=O. The molecule has 1 atom stereocenters. The molecule has 0 saturated heterocycles. The van der Waals surface area contributed by atoms with Gasteiger partial charge in [-0.25, -0.2) is 0 Å². The van der Waals surface area contributed by atoms with Crippen LogP contribution < -0.4 is 0 Å². The number of unbranched alkanes of at least 4 members (excludes halogenated alkanes) is 1. The number of phenolic OH excluding ortho intramolecular Hbond substituents is 2. The third kappa shape index (κ3) is 2.36. The molecule has 1 aromatic carbocycles. The number of Topliss-reactive ketones (excluding diaryl/α,β-unsaturated/α-hetero) is 2. The number of carbonyl (C=O) groups excluding carboxylic acids is 3. The van der Waals surface area contributed by atoms with E-state index in [1.807, 2.05) is 0 Å². The molecule has 0 heterocycles. The van der Waals surface area contributed by atoms with Crippen molar-refractivity contribution in [2.24, 2.45) is 5.92 Å². The summed E-state index contributed by atoms with van der Waals surface area (Å²) in [6.45, 7) is 0. The second kappa shape index (κ2) is 5.22. The van der Waals surface area contributed by atoms with Crippen LogP contribution in [0.2, 0.25) is 0 Å². The molecule has 1 aromatic rings. The van der Waals surface area contributed by atoms with Crippen molar-refractivity contribution in [3.05, 3.63) is 23.3 Å². The Hall–Kier alpha value is -2.17. The molecule has 0 bridgehead atoms. The van der Waals surface area contributed by atoms with Crippen LogP contribution in [-0.4, -0.2) is 28.1 Å². The summed E-state index contributed by atoms with van der Waals surface area (Å²) in [4.78, 5) is 34.4. The predicted molar refractivity (Wildman–Crippen MR) is 66.5 cm³/mol. The first kappa shape index (κ1) is 13.3. The largest absolute Gasteiger partial charge is 0.507 e. The van der Waals surface area contributed by atoms with Crippen molar-refractivity contribution < 1.29 is 24.6 Å². The van der Waals surface area contributed by atoms with Crippen LogP contribution in [-0.2, 0) is 4.79 Å². The van der Waals surface area contributed by atoms with Crippen LogP contribution in [0.3, 0.4) is 0 Å². The van der Waals surface area contributed by atoms with Gasteiger partial charge in [0.05, 0.1) is 11.1 Å². The zero-order valence-electron chi connectivity index (χ0n) is 10.3. The molecular formula is C14H14O5. The highest BCUT2D eigenvalue weighted by molar-refractivity contribution is 6.17. The summed E-state index contributed by atoms with van der Waals surface area (Å²) >= 11 is 0. The minimum atomic E-state index is -0.521. The summed E-state index contributed by atoms with van der Waals surface area (Å²) in [6, 6.07) is 2.40. The molecule has 1 aliphatic carbocycles. The molecule has 0 aliphatic heterocycles. The van der Waals surface area contributed by atoms with Gasteiger partial charge >= 0.3 is 0 Å². The molecule has 0 spiro atoms. The molecular weight excluding hydrogens is 248 g/mol. The molecule has 100 valence electrons. The lowest BCUT2D eigenvalue weighted by molar-refractivity contribution is -0.108. The van der Waals surface area contributed by atoms with Gasteiger partial charge in [0.1, 0.15) is 17.8 Å². The van der Waals surface area contributed by atoms with Gasteiger partial charge in [0.15, 0.2) is 11.6 Å². The summed E-state index contributed by atoms with van der Waals surface area (Å²) in [6.07, 6.45) is 2.09. The van der Waals surface area contributed by atoms with Crippen LogP contribution in [0.1, 0.15) is 46.4 Å². The highest BCUT2D eigenvalue weighted by Gasteiger charge is 2.36. The van der Waals surface area contributed by atoms with Gasteiger partial charge in [-0.2, -0.15) is 0 Å². The fourth-order valence-corrected chi connectivity index (χ4v) is 2.42. The molecule has 2 rings (SSSR count). The first-order chi connectivity index (χ1) is 9.06. The highest BCUT2D eigenvalue weighted by Crippen LogP contribution is 2.38. The Labute approximate surface area is 109 Å². The Kier molecular flexibility index (Phi) is 3.64. The molecule has 19 heavy (non-hydrogen) atoms. The van der Waals surface area contributed by atoms with Crippen molar-refractivity contribution in [3.8, 4) is 11.5 Å². The summed E-state index contributed by atoms with van der Waals surface area (Å²) in [5.74, 6) is -1.77. The van der Waals surface area contributed by atoms with Crippen molar-refractivity contribution in [2.45, 2.75) is 25.7 Å². The first-order valence-electron chi connectivity index (χ1n) is 6.12. The van der Waals surface area contributed by atoms with Crippen molar-refractivity contribution in [2.75, 3.05) is 0 Å². The van der Waals surface area contributed by atoms with Gasteiger partial charge in [0.25, 0.3) is 0 Å². The number of hydrogen-bond acceptors (Lipinski definition) is 5. The molecule has 1 aliphatic rings. The fraction of sp³-hybridized carbons (Fsp3) is 0.357. The third-order valence-corrected chi connectivity index (χ3v) is 3.36. The smallest absolute Gasteiger partial charge is 0.170 e. The maximum absolute atomic E-state index is 12.2. The van der Waals surface area contributed by atoms with Gasteiger partial charge in [0.2, 0.25) is 0 Å². The maximum Gasteiger partial charge on any atom is 0.170 e. The van der Waals surface area contributed by atoms with E-state index < -0.39 is 5.92 Å². The monoisotopic (exact) mass is 262 g/mol. The lowest BCUT2D eigenvalue weighted by Gasteiger charge is -2.23. The lowest BCUT2D eigenvalue weighted by atomic mass is 9.79. The summed E-state index contributed by atoms with van der Waals surface area (Å²) < 4.78 is 0. The van der Waals surface area contributed by atoms with Crippen molar-refractivity contribution in [1.82, 2.24) is 0 Å². The Morgan fingerprint density at radius 1 is 1.16 bits per heavy atom. The zero-order chi connectivity index (χ0) is 14.0. The second-order valence-electron chi connectivity index (χ2n) is 4.64. The van der Waals surface area contributed by atoms with Gasteiger partial charge in [-0.1, -0.05) is 0 Å². The van der Waals surface area contributed by atoms with E-state index in [2.05, 4.69) is 0 Å². The third-order valence-electron chi connectivity index (χ3n) is 3.36. The zero-order valence-corrected chi connectivity index (χ0v) is 10.3. The Bertz CT molecular complexity index is 547. The van der Waals surface area contributed by atoms with Crippen LogP contribution in [0.5, 0.6) is 11.5 Å². The van der Waals surface area contributed by atoms with Gasteiger partial charge in [0, 0.05) is 18.8 Å². The molecule has 0 fully saturated rings. The molecule has 5 nitrogen and oxygen atoms in total. The first-order valence-corrected chi connectivity index (χ1v) is 6.12. The molecule has 5 heteroatoms. The molecule has 0 saturated carbocycles. The number of aldehydes is 1. The van der Waals surface area contributed by atoms with Gasteiger partial charge in [-0.05, 0) is 25.0 Å². The van der Waals surface area contributed by atoms with E-state index in [9.17, 15) is 24.6 Å². The second-order valence-corrected chi connectivity index (χ2v) is 4.64.